The molecule has 1 amide bonds. The van der Waals surface area contributed by atoms with Crippen molar-refractivity contribution in [2.24, 2.45) is 0 Å². The number of anilines is 1. The number of hydrogen-bond acceptors (Lipinski definition) is 3. The molecular formula is C14H11NO4. The van der Waals surface area contributed by atoms with Gasteiger partial charge in [-0.15, -0.1) is 5.06 Å². The van der Waals surface area contributed by atoms with Crippen LogP contribution in [0.15, 0.2) is 60.7 Å². The Hall–Kier alpha value is -2.82. The van der Waals surface area contributed by atoms with E-state index in [9.17, 15) is 9.59 Å². The second-order valence-corrected chi connectivity index (χ2v) is 3.64. The SMILES string of the molecule is O=C(O)C(=O)N(Oc1ccccc1)c1ccccc1. The van der Waals surface area contributed by atoms with Crippen LogP contribution in [0.1, 0.15) is 0 Å². The van der Waals surface area contributed by atoms with E-state index < -0.39 is 11.9 Å². The minimum Gasteiger partial charge on any atom is -0.474 e. The molecule has 1 N–H and O–H groups in total. The maximum absolute atomic E-state index is 11.6. The first-order valence-electron chi connectivity index (χ1n) is 5.54. The minimum absolute atomic E-state index is 0.346. The summed E-state index contributed by atoms with van der Waals surface area (Å²) in [6.45, 7) is 0. The molecular weight excluding hydrogens is 246 g/mol. The van der Waals surface area contributed by atoms with Crippen LogP contribution >= 0.6 is 0 Å². The summed E-state index contributed by atoms with van der Waals surface area (Å²) in [6.07, 6.45) is 0. The van der Waals surface area contributed by atoms with Crippen molar-refractivity contribution in [3.63, 3.8) is 0 Å². The van der Waals surface area contributed by atoms with Gasteiger partial charge in [0.2, 0.25) is 0 Å². The lowest BCUT2D eigenvalue weighted by molar-refractivity contribution is -0.150. The molecule has 0 atom stereocenters. The monoisotopic (exact) mass is 257 g/mol. The first-order valence-corrected chi connectivity index (χ1v) is 5.54. The van der Waals surface area contributed by atoms with Gasteiger partial charge in [0.25, 0.3) is 0 Å². The molecule has 0 aromatic heterocycles. The Kier molecular flexibility index (Phi) is 3.78. The lowest BCUT2D eigenvalue weighted by atomic mass is 10.3. The molecule has 2 aromatic carbocycles. The van der Waals surface area contributed by atoms with Crippen LogP contribution in [0, 0.1) is 0 Å². The van der Waals surface area contributed by atoms with Crippen LogP contribution in [0.5, 0.6) is 5.75 Å². The van der Waals surface area contributed by atoms with Crippen molar-refractivity contribution in [1.82, 2.24) is 0 Å². The zero-order valence-electron chi connectivity index (χ0n) is 9.89. The Labute approximate surface area is 109 Å². The number of hydrogen-bond donors (Lipinski definition) is 1. The molecule has 0 saturated carbocycles. The largest absolute Gasteiger partial charge is 0.474 e. The summed E-state index contributed by atoms with van der Waals surface area (Å²) in [6, 6.07) is 16.8. The molecule has 19 heavy (non-hydrogen) atoms. The van der Waals surface area contributed by atoms with Gasteiger partial charge in [-0.3, -0.25) is 4.79 Å². The summed E-state index contributed by atoms with van der Waals surface area (Å²) in [5.41, 5.74) is 0.346. The first kappa shape index (κ1) is 12.6. The first-order chi connectivity index (χ1) is 9.18. The predicted octanol–water partition coefficient (Wildman–Crippen LogP) is 2.10. The van der Waals surface area contributed by atoms with Crippen LogP contribution in [0.4, 0.5) is 5.69 Å². The van der Waals surface area contributed by atoms with Crippen molar-refractivity contribution in [3.05, 3.63) is 60.7 Å². The van der Waals surface area contributed by atoms with E-state index in [1.807, 2.05) is 0 Å². The van der Waals surface area contributed by atoms with Crippen molar-refractivity contribution in [2.45, 2.75) is 0 Å². The molecule has 0 unspecified atom stereocenters. The number of carbonyl (C=O) groups is 2. The number of hydroxylamine groups is 1. The van der Waals surface area contributed by atoms with Gasteiger partial charge in [-0.1, -0.05) is 36.4 Å². The third kappa shape index (κ3) is 3.10. The fraction of sp³-hybridized carbons (Fsp3) is 0. The molecule has 0 fully saturated rings. The predicted molar refractivity (Wildman–Crippen MR) is 68.6 cm³/mol. The Bertz CT molecular complexity index is 569. The molecule has 0 radical (unpaired) electrons. The maximum Gasteiger partial charge on any atom is 0.398 e. The van der Waals surface area contributed by atoms with E-state index in [0.717, 1.165) is 5.06 Å². The normalized spacial score (nSPS) is 9.68. The number of para-hydroxylation sites is 2. The number of rotatable bonds is 3. The standard InChI is InChI=1S/C14H11NO4/c16-13(14(17)18)15(11-7-3-1-4-8-11)19-12-9-5-2-6-10-12/h1-10H,(H,17,18). The van der Waals surface area contributed by atoms with E-state index in [0.29, 0.717) is 11.4 Å². The Morgan fingerprint density at radius 2 is 1.42 bits per heavy atom. The minimum atomic E-state index is -1.58. The van der Waals surface area contributed by atoms with Gasteiger partial charge >= 0.3 is 11.9 Å². The van der Waals surface area contributed by atoms with E-state index in [1.54, 1.807) is 60.7 Å². The van der Waals surface area contributed by atoms with Gasteiger partial charge in [0.05, 0.1) is 5.69 Å². The maximum atomic E-state index is 11.6. The molecule has 2 rings (SSSR count). The highest BCUT2D eigenvalue weighted by atomic mass is 16.7. The highest BCUT2D eigenvalue weighted by Crippen LogP contribution is 2.18. The molecule has 0 saturated heterocycles. The molecule has 5 nitrogen and oxygen atoms in total. The van der Waals surface area contributed by atoms with Gasteiger partial charge in [0, 0.05) is 0 Å². The van der Waals surface area contributed by atoms with Gasteiger partial charge in [-0.25, -0.2) is 4.79 Å². The van der Waals surface area contributed by atoms with E-state index >= 15 is 0 Å². The van der Waals surface area contributed by atoms with Crippen molar-refractivity contribution in [1.29, 1.82) is 0 Å². The summed E-state index contributed by atoms with van der Waals surface area (Å²) < 4.78 is 0. The van der Waals surface area contributed by atoms with Crippen LogP contribution in [-0.2, 0) is 9.59 Å². The van der Waals surface area contributed by atoms with Crippen LogP contribution in [0.2, 0.25) is 0 Å². The number of benzene rings is 2. The van der Waals surface area contributed by atoms with Gasteiger partial charge < -0.3 is 9.94 Å². The van der Waals surface area contributed by atoms with Crippen molar-refractivity contribution < 1.29 is 19.5 Å². The molecule has 0 spiro atoms. The van der Waals surface area contributed by atoms with Crippen LogP contribution in [0.3, 0.4) is 0 Å². The number of carbonyl (C=O) groups excluding carboxylic acids is 1. The Morgan fingerprint density at radius 1 is 0.895 bits per heavy atom. The molecule has 96 valence electrons. The quantitative estimate of drug-likeness (QED) is 0.675. The van der Waals surface area contributed by atoms with Crippen molar-refractivity contribution >= 4 is 17.6 Å². The van der Waals surface area contributed by atoms with Crippen molar-refractivity contribution in [2.75, 3.05) is 5.06 Å². The molecule has 0 aliphatic rings. The average Bonchev–Trinajstić information content (AvgIpc) is 2.46. The Balaban J connectivity index is 2.30. The summed E-state index contributed by atoms with van der Waals surface area (Å²) in [5.74, 6) is -2.37. The highest BCUT2D eigenvalue weighted by Gasteiger charge is 2.24. The zero-order chi connectivity index (χ0) is 13.7. The van der Waals surface area contributed by atoms with Gasteiger partial charge in [-0.2, -0.15) is 0 Å². The highest BCUT2D eigenvalue weighted by molar-refractivity contribution is 6.36. The molecule has 0 bridgehead atoms. The molecule has 0 heterocycles. The second kappa shape index (κ2) is 5.68. The van der Waals surface area contributed by atoms with Crippen molar-refractivity contribution in [3.8, 4) is 5.75 Å². The zero-order valence-corrected chi connectivity index (χ0v) is 9.89. The van der Waals surface area contributed by atoms with Crippen LogP contribution in [0.25, 0.3) is 0 Å². The van der Waals surface area contributed by atoms with Crippen LogP contribution in [-0.4, -0.2) is 17.0 Å². The van der Waals surface area contributed by atoms with E-state index in [1.165, 1.54) is 0 Å². The lowest BCUT2D eigenvalue weighted by Gasteiger charge is -2.20. The summed E-state index contributed by atoms with van der Waals surface area (Å²) in [7, 11) is 0. The Morgan fingerprint density at radius 3 is 1.95 bits per heavy atom. The van der Waals surface area contributed by atoms with E-state index in [2.05, 4.69) is 0 Å². The number of carboxylic acid groups (broad SMARTS) is 1. The summed E-state index contributed by atoms with van der Waals surface area (Å²) >= 11 is 0. The molecule has 5 heteroatoms. The number of carboxylic acids is 1. The second-order valence-electron chi connectivity index (χ2n) is 3.64. The van der Waals surface area contributed by atoms with Gasteiger partial charge in [0.1, 0.15) is 0 Å². The number of amides is 1. The summed E-state index contributed by atoms with van der Waals surface area (Å²) in [5, 5.41) is 9.57. The fourth-order valence-corrected chi connectivity index (χ4v) is 1.45. The smallest absolute Gasteiger partial charge is 0.398 e. The average molecular weight is 257 g/mol. The topological polar surface area (TPSA) is 66.8 Å². The summed E-state index contributed by atoms with van der Waals surface area (Å²) in [4.78, 5) is 27.8. The van der Waals surface area contributed by atoms with E-state index in [4.69, 9.17) is 9.94 Å². The molecule has 2 aromatic rings. The molecule has 0 aliphatic heterocycles. The van der Waals surface area contributed by atoms with Gasteiger partial charge in [-0.05, 0) is 24.3 Å². The van der Waals surface area contributed by atoms with Crippen LogP contribution < -0.4 is 9.90 Å². The number of aliphatic carboxylic acids is 1. The fourth-order valence-electron chi connectivity index (χ4n) is 1.45. The van der Waals surface area contributed by atoms with Gasteiger partial charge in [0.15, 0.2) is 5.75 Å². The molecule has 0 aliphatic carbocycles. The third-order valence-electron chi connectivity index (χ3n) is 2.30. The number of nitrogens with zero attached hydrogens (tertiary/aromatic N) is 1. The van der Waals surface area contributed by atoms with E-state index in [-0.39, 0.29) is 0 Å². The lowest BCUT2D eigenvalue weighted by Crippen LogP contribution is -2.39. The third-order valence-corrected chi connectivity index (χ3v) is 2.30.